The van der Waals surface area contributed by atoms with E-state index in [-0.39, 0.29) is 11.4 Å². The van der Waals surface area contributed by atoms with Gasteiger partial charge in [-0.3, -0.25) is 9.10 Å². The molecule has 1 aromatic rings. The molecule has 0 fully saturated rings. The topological polar surface area (TPSA) is 93.1 Å². The second-order valence-electron chi connectivity index (χ2n) is 4.13. The van der Waals surface area contributed by atoms with Crippen molar-refractivity contribution in [3.8, 4) is 11.5 Å². The number of carboxylic acid groups (broad SMARTS) is 1. The molecule has 0 saturated heterocycles. The minimum atomic E-state index is -3.68. The molecule has 1 aromatic carbocycles. The Morgan fingerprint density at radius 2 is 1.95 bits per heavy atom. The predicted molar refractivity (Wildman–Crippen MR) is 71.9 cm³/mol. The lowest BCUT2D eigenvalue weighted by molar-refractivity contribution is -0.135. The first-order valence-corrected chi connectivity index (χ1v) is 7.67. The van der Waals surface area contributed by atoms with E-state index >= 15 is 0 Å². The molecule has 0 atom stereocenters. The number of ether oxygens (including phenoxy) is 2. The van der Waals surface area contributed by atoms with Crippen molar-refractivity contribution >= 4 is 21.7 Å². The van der Waals surface area contributed by atoms with E-state index in [2.05, 4.69) is 0 Å². The largest absolute Gasteiger partial charge is 0.486 e. The first-order chi connectivity index (χ1) is 9.44. The summed E-state index contributed by atoms with van der Waals surface area (Å²) < 4.78 is 35.6. The maximum atomic E-state index is 12.0. The van der Waals surface area contributed by atoms with Crippen molar-refractivity contribution in [2.75, 3.05) is 29.8 Å². The molecule has 7 nitrogen and oxygen atoms in total. The fourth-order valence-corrected chi connectivity index (χ4v) is 2.87. The van der Waals surface area contributed by atoms with E-state index in [1.165, 1.54) is 19.1 Å². The molecule has 0 radical (unpaired) electrons. The van der Waals surface area contributed by atoms with Crippen LogP contribution in [-0.2, 0) is 14.8 Å². The van der Waals surface area contributed by atoms with Crippen molar-refractivity contribution in [1.29, 1.82) is 0 Å². The van der Waals surface area contributed by atoms with E-state index in [0.717, 1.165) is 4.31 Å². The van der Waals surface area contributed by atoms with Crippen LogP contribution < -0.4 is 13.8 Å². The van der Waals surface area contributed by atoms with Crippen LogP contribution in [0.4, 0.5) is 5.69 Å². The van der Waals surface area contributed by atoms with Crippen LogP contribution in [0.25, 0.3) is 0 Å². The molecule has 0 saturated carbocycles. The fraction of sp³-hybridized carbons (Fsp3) is 0.417. The SMILES string of the molecule is CCS(=O)(=O)N(CC(=O)O)c1ccc2c(c1)OCCO2. The summed E-state index contributed by atoms with van der Waals surface area (Å²) in [5.74, 6) is -0.481. The average Bonchev–Trinajstić information content (AvgIpc) is 2.44. The predicted octanol–water partition coefficient (Wildman–Crippen LogP) is 0.698. The summed E-state index contributed by atoms with van der Waals surface area (Å²) in [5, 5.41) is 8.88. The van der Waals surface area contributed by atoms with Crippen LogP contribution in [-0.4, -0.2) is 45.0 Å². The Morgan fingerprint density at radius 3 is 2.55 bits per heavy atom. The molecule has 1 aliphatic rings. The third-order valence-corrected chi connectivity index (χ3v) is 4.53. The van der Waals surface area contributed by atoms with Gasteiger partial charge in [-0.15, -0.1) is 0 Å². The number of sulfonamides is 1. The number of anilines is 1. The van der Waals surface area contributed by atoms with Crippen LogP contribution in [0.3, 0.4) is 0 Å². The Balaban J connectivity index is 2.41. The first kappa shape index (κ1) is 14.4. The van der Waals surface area contributed by atoms with E-state index in [1.54, 1.807) is 6.07 Å². The highest BCUT2D eigenvalue weighted by molar-refractivity contribution is 7.92. The van der Waals surface area contributed by atoms with E-state index in [1.807, 2.05) is 0 Å². The summed E-state index contributed by atoms with van der Waals surface area (Å²) in [6, 6.07) is 4.55. The van der Waals surface area contributed by atoms with Gasteiger partial charge in [0.15, 0.2) is 11.5 Å². The quantitative estimate of drug-likeness (QED) is 0.860. The molecule has 0 bridgehead atoms. The van der Waals surface area contributed by atoms with Crippen molar-refractivity contribution in [1.82, 2.24) is 0 Å². The number of aliphatic carboxylic acids is 1. The lowest BCUT2D eigenvalue weighted by Gasteiger charge is -2.24. The van der Waals surface area contributed by atoms with Gasteiger partial charge in [-0.2, -0.15) is 0 Å². The number of hydrogen-bond donors (Lipinski definition) is 1. The van der Waals surface area contributed by atoms with Crippen LogP contribution in [0.2, 0.25) is 0 Å². The van der Waals surface area contributed by atoms with Gasteiger partial charge in [0, 0.05) is 6.07 Å². The zero-order valence-electron chi connectivity index (χ0n) is 10.9. The highest BCUT2D eigenvalue weighted by Gasteiger charge is 2.25. The summed E-state index contributed by atoms with van der Waals surface area (Å²) in [6.45, 7) is 1.63. The Morgan fingerprint density at radius 1 is 1.30 bits per heavy atom. The molecular formula is C12H15NO6S. The van der Waals surface area contributed by atoms with Crippen LogP contribution in [0, 0.1) is 0 Å². The number of nitrogens with zero attached hydrogens (tertiary/aromatic N) is 1. The Kier molecular flexibility index (Phi) is 4.03. The third kappa shape index (κ3) is 2.96. The second kappa shape index (κ2) is 5.58. The van der Waals surface area contributed by atoms with E-state index in [0.29, 0.717) is 24.7 Å². The smallest absolute Gasteiger partial charge is 0.324 e. The lowest BCUT2D eigenvalue weighted by atomic mass is 10.2. The molecule has 1 N–H and O–H groups in total. The van der Waals surface area contributed by atoms with Crippen molar-refractivity contribution in [2.45, 2.75) is 6.92 Å². The van der Waals surface area contributed by atoms with E-state index in [9.17, 15) is 13.2 Å². The third-order valence-electron chi connectivity index (χ3n) is 2.79. The van der Waals surface area contributed by atoms with Crippen LogP contribution in [0.15, 0.2) is 18.2 Å². The summed E-state index contributed by atoms with van der Waals surface area (Å²) >= 11 is 0. The minimum absolute atomic E-state index is 0.186. The summed E-state index contributed by atoms with van der Waals surface area (Å²) in [6.07, 6.45) is 0. The molecule has 0 unspecified atom stereocenters. The van der Waals surface area contributed by atoms with Gasteiger partial charge in [0.2, 0.25) is 10.0 Å². The molecular weight excluding hydrogens is 286 g/mol. The number of carboxylic acids is 1. The fourth-order valence-electron chi connectivity index (χ4n) is 1.82. The van der Waals surface area contributed by atoms with Gasteiger partial charge in [0.1, 0.15) is 19.8 Å². The van der Waals surface area contributed by atoms with Gasteiger partial charge in [-0.1, -0.05) is 0 Å². The first-order valence-electron chi connectivity index (χ1n) is 6.06. The molecule has 110 valence electrons. The van der Waals surface area contributed by atoms with Gasteiger partial charge in [-0.05, 0) is 19.1 Å². The van der Waals surface area contributed by atoms with Gasteiger partial charge in [0.05, 0.1) is 11.4 Å². The number of fused-ring (bicyclic) bond motifs is 1. The normalized spacial score (nSPS) is 13.8. The Bertz CT molecular complexity index is 612. The van der Waals surface area contributed by atoms with E-state index < -0.39 is 22.5 Å². The van der Waals surface area contributed by atoms with Crippen molar-refractivity contribution in [3.05, 3.63) is 18.2 Å². The molecule has 0 amide bonds. The average molecular weight is 301 g/mol. The monoisotopic (exact) mass is 301 g/mol. The number of hydrogen-bond acceptors (Lipinski definition) is 5. The van der Waals surface area contributed by atoms with Crippen molar-refractivity contribution < 1.29 is 27.8 Å². The Hall–Kier alpha value is -1.96. The molecule has 1 aliphatic heterocycles. The van der Waals surface area contributed by atoms with Gasteiger partial charge >= 0.3 is 5.97 Å². The van der Waals surface area contributed by atoms with Gasteiger partial charge in [0.25, 0.3) is 0 Å². The highest BCUT2D eigenvalue weighted by Crippen LogP contribution is 2.34. The standard InChI is InChI=1S/C12H15NO6S/c1-2-20(16,17)13(8-12(14)15)9-3-4-10-11(7-9)19-6-5-18-10/h3-4,7H,2,5-6,8H2,1H3,(H,14,15). The Labute approximate surface area is 116 Å². The van der Waals surface area contributed by atoms with Crippen LogP contribution >= 0.6 is 0 Å². The second-order valence-corrected chi connectivity index (χ2v) is 6.31. The van der Waals surface area contributed by atoms with Crippen molar-refractivity contribution in [3.63, 3.8) is 0 Å². The van der Waals surface area contributed by atoms with Crippen molar-refractivity contribution in [2.24, 2.45) is 0 Å². The lowest BCUT2D eigenvalue weighted by Crippen LogP contribution is -2.36. The molecule has 0 aromatic heterocycles. The van der Waals surface area contributed by atoms with Crippen LogP contribution in [0.1, 0.15) is 6.92 Å². The van der Waals surface area contributed by atoms with Gasteiger partial charge in [-0.25, -0.2) is 8.42 Å². The zero-order chi connectivity index (χ0) is 14.8. The highest BCUT2D eigenvalue weighted by atomic mass is 32.2. The maximum Gasteiger partial charge on any atom is 0.324 e. The van der Waals surface area contributed by atoms with Gasteiger partial charge < -0.3 is 14.6 Å². The maximum absolute atomic E-state index is 12.0. The minimum Gasteiger partial charge on any atom is -0.486 e. The molecule has 0 aliphatic carbocycles. The summed E-state index contributed by atoms with van der Waals surface area (Å²) in [7, 11) is -3.68. The molecule has 8 heteroatoms. The molecule has 2 rings (SSSR count). The molecule has 1 heterocycles. The number of benzene rings is 1. The number of rotatable bonds is 5. The molecule has 20 heavy (non-hydrogen) atoms. The van der Waals surface area contributed by atoms with Crippen LogP contribution in [0.5, 0.6) is 11.5 Å². The van der Waals surface area contributed by atoms with E-state index in [4.69, 9.17) is 14.6 Å². The zero-order valence-corrected chi connectivity index (χ0v) is 11.7. The summed E-state index contributed by atoms with van der Waals surface area (Å²) in [5.41, 5.74) is 0.249. The number of carbonyl (C=O) groups is 1. The summed E-state index contributed by atoms with van der Waals surface area (Å²) in [4.78, 5) is 10.9. The molecule has 0 spiro atoms.